The van der Waals surface area contributed by atoms with Crippen LogP contribution in [0.25, 0.3) is 6.08 Å². The lowest BCUT2D eigenvalue weighted by molar-refractivity contribution is -0.115. The summed E-state index contributed by atoms with van der Waals surface area (Å²) < 4.78 is 11.4. The van der Waals surface area contributed by atoms with E-state index in [1.165, 1.54) is 0 Å². The maximum absolute atomic E-state index is 12.8. The fourth-order valence-electron chi connectivity index (χ4n) is 2.86. The van der Waals surface area contributed by atoms with E-state index in [1.807, 2.05) is 75.4 Å². The number of rotatable bonds is 4. The van der Waals surface area contributed by atoms with Crippen molar-refractivity contribution in [3.8, 4) is 11.5 Å². The third kappa shape index (κ3) is 4.02. The number of carbonyl (C=O) groups is 1. The van der Waals surface area contributed by atoms with Crippen LogP contribution in [0.5, 0.6) is 11.5 Å². The van der Waals surface area contributed by atoms with Gasteiger partial charge in [0.2, 0.25) is 0 Å². The normalized spacial score (nSPS) is 15.6. The summed E-state index contributed by atoms with van der Waals surface area (Å²) in [6.45, 7) is 7.07. The fraction of sp³-hybridized carbons (Fsp3) is 0.286. The zero-order chi connectivity index (χ0) is 17.9. The Hall–Kier alpha value is -2.75. The van der Waals surface area contributed by atoms with Gasteiger partial charge in [-0.2, -0.15) is 0 Å². The summed E-state index contributed by atoms with van der Waals surface area (Å²) in [4.78, 5) is 14.5. The standard InChI is InChI=1S/C21H23NO3/c1-4-24-17-12-9-16(10-13-17)11-14-20(23)22-15-21(2,3)25-19-8-6-5-7-18(19)22/h5-14H,4,15H2,1-3H3/b14-11+. The number of benzene rings is 2. The lowest BCUT2D eigenvalue weighted by Gasteiger charge is -2.39. The quantitative estimate of drug-likeness (QED) is 0.781. The van der Waals surface area contributed by atoms with Crippen molar-refractivity contribution in [2.75, 3.05) is 18.1 Å². The van der Waals surface area contributed by atoms with Gasteiger partial charge in [-0.1, -0.05) is 24.3 Å². The van der Waals surface area contributed by atoms with Crippen molar-refractivity contribution >= 4 is 17.7 Å². The van der Waals surface area contributed by atoms with E-state index in [1.54, 1.807) is 11.0 Å². The summed E-state index contributed by atoms with van der Waals surface area (Å²) >= 11 is 0. The summed E-state index contributed by atoms with van der Waals surface area (Å²) in [5.41, 5.74) is 1.34. The van der Waals surface area contributed by atoms with Crippen molar-refractivity contribution in [2.45, 2.75) is 26.4 Å². The van der Waals surface area contributed by atoms with Crippen molar-refractivity contribution in [3.63, 3.8) is 0 Å². The molecule has 1 amide bonds. The molecule has 0 unspecified atom stereocenters. The van der Waals surface area contributed by atoms with Gasteiger partial charge in [0.1, 0.15) is 17.1 Å². The molecule has 130 valence electrons. The van der Waals surface area contributed by atoms with Gasteiger partial charge in [-0.05, 0) is 56.7 Å². The van der Waals surface area contributed by atoms with Crippen molar-refractivity contribution in [1.29, 1.82) is 0 Å². The monoisotopic (exact) mass is 337 g/mol. The molecule has 0 saturated heterocycles. The first-order valence-electron chi connectivity index (χ1n) is 8.49. The Morgan fingerprint density at radius 2 is 1.92 bits per heavy atom. The van der Waals surface area contributed by atoms with Crippen LogP contribution in [0.15, 0.2) is 54.6 Å². The summed E-state index contributed by atoms with van der Waals surface area (Å²) in [7, 11) is 0. The second-order valence-corrected chi connectivity index (χ2v) is 6.59. The minimum absolute atomic E-state index is 0.0577. The van der Waals surface area contributed by atoms with Crippen LogP contribution in [0.4, 0.5) is 5.69 Å². The van der Waals surface area contributed by atoms with Crippen LogP contribution in [0.1, 0.15) is 26.3 Å². The number of hydrogen-bond acceptors (Lipinski definition) is 3. The molecule has 0 saturated carbocycles. The summed E-state index contributed by atoms with van der Waals surface area (Å²) in [5, 5.41) is 0. The zero-order valence-corrected chi connectivity index (χ0v) is 14.9. The molecule has 0 N–H and O–H groups in total. The van der Waals surface area contributed by atoms with Gasteiger partial charge in [0.05, 0.1) is 18.8 Å². The first-order valence-corrected chi connectivity index (χ1v) is 8.49. The molecule has 0 spiro atoms. The van der Waals surface area contributed by atoms with Crippen molar-refractivity contribution in [2.24, 2.45) is 0 Å². The van der Waals surface area contributed by atoms with Crippen LogP contribution in [-0.2, 0) is 4.79 Å². The number of fused-ring (bicyclic) bond motifs is 1. The highest BCUT2D eigenvalue weighted by Crippen LogP contribution is 2.36. The van der Waals surface area contributed by atoms with E-state index < -0.39 is 5.60 Å². The van der Waals surface area contributed by atoms with Gasteiger partial charge in [0.25, 0.3) is 5.91 Å². The molecule has 0 radical (unpaired) electrons. The van der Waals surface area contributed by atoms with E-state index in [-0.39, 0.29) is 5.91 Å². The number of ether oxygens (including phenoxy) is 2. The average molecular weight is 337 g/mol. The van der Waals surface area contributed by atoms with Crippen molar-refractivity contribution < 1.29 is 14.3 Å². The van der Waals surface area contributed by atoms with Crippen molar-refractivity contribution in [3.05, 3.63) is 60.2 Å². The van der Waals surface area contributed by atoms with Gasteiger partial charge in [-0.15, -0.1) is 0 Å². The Kier molecular flexibility index (Phi) is 4.79. The van der Waals surface area contributed by atoms with Crippen LogP contribution >= 0.6 is 0 Å². The predicted molar refractivity (Wildman–Crippen MR) is 100 cm³/mol. The molecule has 0 aliphatic carbocycles. The Morgan fingerprint density at radius 1 is 1.20 bits per heavy atom. The minimum Gasteiger partial charge on any atom is -0.494 e. The molecule has 4 nitrogen and oxygen atoms in total. The molecule has 4 heteroatoms. The van der Waals surface area contributed by atoms with Gasteiger partial charge in [-0.25, -0.2) is 0 Å². The number of para-hydroxylation sites is 2. The van der Waals surface area contributed by atoms with Crippen molar-refractivity contribution in [1.82, 2.24) is 0 Å². The molecule has 3 rings (SSSR count). The number of anilines is 1. The molecular weight excluding hydrogens is 314 g/mol. The van der Waals surface area contributed by atoms with Crippen LogP contribution in [0, 0.1) is 0 Å². The molecule has 2 aromatic rings. The predicted octanol–water partition coefficient (Wildman–Crippen LogP) is 4.30. The number of amides is 1. The number of carbonyl (C=O) groups excluding carboxylic acids is 1. The molecule has 0 atom stereocenters. The summed E-state index contributed by atoms with van der Waals surface area (Å²) in [5.74, 6) is 1.51. The van der Waals surface area contributed by atoms with Crippen LogP contribution in [0.3, 0.4) is 0 Å². The van der Waals surface area contributed by atoms with E-state index in [0.29, 0.717) is 13.2 Å². The van der Waals surface area contributed by atoms with Gasteiger partial charge < -0.3 is 14.4 Å². The van der Waals surface area contributed by atoms with Gasteiger partial charge in [0.15, 0.2) is 0 Å². The second-order valence-electron chi connectivity index (χ2n) is 6.59. The second kappa shape index (κ2) is 7.01. The maximum atomic E-state index is 12.8. The lowest BCUT2D eigenvalue weighted by atomic mass is 10.0. The fourth-order valence-corrected chi connectivity index (χ4v) is 2.86. The summed E-state index contributed by atoms with van der Waals surface area (Å²) in [6.07, 6.45) is 3.43. The molecule has 25 heavy (non-hydrogen) atoms. The Balaban J connectivity index is 1.78. The van der Waals surface area contributed by atoms with E-state index in [4.69, 9.17) is 9.47 Å². The molecule has 1 heterocycles. The Bertz CT molecular complexity index is 778. The highest BCUT2D eigenvalue weighted by atomic mass is 16.5. The van der Waals surface area contributed by atoms with E-state index >= 15 is 0 Å². The lowest BCUT2D eigenvalue weighted by Crippen LogP contribution is -2.48. The molecule has 0 fully saturated rings. The number of nitrogens with zero attached hydrogens (tertiary/aromatic N) is 1. The largest absolute Gasteiger partial charge is 0.494 e. The Morgan fingerprint density at radius 3 is 2.64 bits per heavy atom. The van der Waals surface area contributed by atoms with Crippen LogP contribution in [-0.4, -0.2) is 24.7 Å². The highest BCUT2D eigenvalue weighted by molar-refractivity contribution is 6.05. The average Bonchev–Trinajstić information content (AvgIpc) is 2.59. The van der Waals surface area contributed by atoms with Crippen LogP contribution in [0.2, 0.25) is 0 Å². The molecule has 0 bridgehead atoms. The van der Waals surface area contributed by atoms with Gasteiger partial charge in [-0.3, -0.25) is 4.79 Å². The molecule has 0 aromatic heterocycles. The first-order chi connectivity index (χ1) is 12.0. The van der Waals surface area contributed by atoms with Gasteiger partial charge >= 0.3 is 0 Å². The van der Waals surface area contributed by atoms with E-state index in [0.717, 1.165) is 22.7 Å². The minimum atomic E-state index is -0.420. The zero-order valence-electron chi connectivity index (χ0n) is 14.9. The first kappa shape index (κ1) is 17.1. The third-order valence-corrected chi connectivity index (χ3v) is 3.96. The third-order valence-electron chi connectivity index (χ3n) is 3.96. The van der Waals surface area contributed by atoms with E-state index in [9.17, 15) is 4.79 Å². The SMILES string of the molecule is CCOc1ccc(/C=C/C(=O)N2CC(C)(C)Oc3ccccc32)cc1. The Labute approximate surface area is 148 Å². The van der Waals surface area contributed by atoms with E-state index in [2.05, 4.69) is 0 Å². The smallest absolute Gasteiger partial charge is 0.251 e. The topological polar surface area (TPSA) is 38.8 Å². The maximum Gasteiger partial charge on any atom is 0.251 e. The highest BCUT2D eigenvalue weighted by Gasteiger charge is 2.33. The summed E-state index contributed by atoms with van der Waals surface area (Å²) in [6, 6.07) is 15.3. The molecular formula is C21H23NO3. The molecule has 1 aliphatic rings. The number of hydrogen-bond donors (Lipinski definition) is 0. The van der Waals surface area contributed by atoms with Gasteiger partial charge in [0, 0.05) is 6.08 Å². The molecule has 2 aromatic carbocycles. The molecule has 1 aliphatic heterocycles. The van der Waals surface area contributed by atoms with Crippen LogP contribution < -0.4 is 14.4 Å².